The summed E-state index contributed by atoms with van der Waals surface area (Å²) in [6, 6.07) is 12.6. The van der Waals surface area contributed by atoms with Crippen molar-refractivity contribution in [3.05, 3.63) is 63.8 Å². The molecule has 3 heterocycles. The monoisotopic (exact) mass is 483 g/mol. The van der Waals surface area contributed by atoms with Crippen molar-refractivity contribution >= 4 is 22.4 Å². The number of aromatic nitrogens is 1. The number of morpholine rings is 1. The number of piperidine rings is 1. The lowest BCUT2D eigenvalue weighted by Gasteiger charge is -2.42. The van der Waals surface area contributed by atoms with E-state index in [0.717, 1.165) is 85.5 Å². The summed E-state index contributed by atoms with van der Waals surface area (Å²) in [6.45, 7) is 10.3. The number of aromatic amines is 1. The number of carbonyl (C=O) groups excluding carboxylic acids is 1. The molecule has 3 aliphatic rings. The molecule has 2 aliphatic heterocycles. The first kappa shape index (κ1) is 22.1. The highest BCUT2D eigenvalue weighted by atomic mass is 16.5. The summed E-state index contributed by atoms with van der Waals surface area (Å²) in [7, 11) is 0. The van der Waals surface area contributed by atoms with Gasteiger partial charge in [0.05, 0.1) is 30.4 Å². The quantitative estimate of drug-likeness (QED) is 0.581. The second-order valence-corrected chi connectivity index (χ2v) is 10.8. The maximum absolute atomic E-state index is 13.9. The molecule has 36 heavy (non-hydrogen) atoms. The second kappa shape index (κ2) is 8.76. The molecule has 0 bridgehead atoms. The number of nitrogens with one attached hydrogen (secondary N) is 1. The average molecular weight is 484 g/mol. The molecule has 0 unspecified atom stereocenters. The van der Waals surface area contributed by atoms with E-state index in [-0.39, 0.29) is 5.78 Å². The van der Waals surface area contributed by atoms with Crippen molar-refractivity contribution in [1.29, 1.82) is 5.26 Å². The maximum Gasteiger partial charge on any atom is 0.195 e. The van der Waals surface area contributed by atoms with Gasteiger partial charge < -0.3 is 14.6 Å². The fraction of sp³-hybridized carbons (Fsp3) is 0.467. The number of rotatable bonds is 3. The molecule has 0 saturated carbocycles. The first-order valence-electron chi connectivity index (χ1n) is 13.8. The molecule has 0 radical (unpaired) electrons. The Labute approximate surface area is 214 Å². The van der Waals surface area contributed by atoms with Crippen molar-refractivity contribution in [2.75, 3.05) is 44.3 Å². The first-order chi connectivity index (χ1) is 17.9. The highest BCUT2D eigenvalue weighted by Gasteiger charge is 2.40. The van der Waals surface area contributed by atoms with Crippen molar-refractivity contribution in [2.24, 2.45) is 0 Å². The average Bonchev–Trinajstić information content (AvgIpc) is 3.32. The minimum Gasteiger partial charge on any atom is -0.379 e. The molecule has 1 N–H and O–H groups in total. The SMILES string of the molecule is [2H]CCc1cc2c(cc1N1CCC(N3CCOCC3)CC1)C(C)(C)c1[nH]c3cc(C#N)ccc3c1C2=O. The van der Waals surface area contributed by atoms with E-state index in [1.54, 1.807) is 6.07 Å². The molecule has 2 saturated heterocycles. The van der Waals surface area contributed by atoms with Crippen LogP contribution in [0.4, 0.5) is 5.69 Å². The van der Waals surface area contributed by atoms with Crippen molar-refractivity contribution in [2.45, 2.75) is 51.5 Å². The predicted octanol–water partition coefficient (Wildman–Crippen LogP) is 4.77. The Morgan fingerprint density at radius 1 is 1.17 bits per heavy atom. The molecular formula is C30H34N4O2. The summed E-state index contributed by atoms with van der Waals surface area (Å²) in [4.78, 5) is 22.5. The van der Waals surface area contributed by atoms with Crippen LogP contribution in [-0.2, 0) is 16.6 Å². The zero-order valence-corrected chi connectivity index (χ0v) is 21.2. The minimum atomic E-state index is -0.398. The van der Waals surface area contributed by atoms with Crippen molar-refractivity contribution in [3.8, 4) is 6.07 Å². The van der Waals surface area contributed by atoms with Gasteiger partial charge in [0.2, 0.25) is 0 Å². The zero-order chi connectivity index (χ0) is 25.7. The van der Waals surface area contributed by atoms with Gasteiger partial charge >= 0.3 is 0 Å². The van der Waals surface area contributed by atoms with E-state index >= 15 is 0 Å². The number of ketones is 1. The van der Waals surface area contributed by atoms with Crippen molar-refractivity contribution < 1.29 is 10.9 Å². The molecule has 0 atom stereocenters. The van der Waals surface area contributed by atoms with Crippen LogP contribution >= 0.6 is 0 Å². The van der Waals surface area contributed by atoms with E-state index in [4.69, 9.17) is 6.11 Å². The highest BCUT2D eigenvalue weighted by molar-refractivity contribution is 6.20. The summed E-state index contributed by atoms with van der Waals surface area (Å²) in [6.07, 6.45) is 2.87. The third kappa shape index (κ3) is 3.56. The predicted molar refractivity (Wildman–Crippen MR) is 142 cm³/mol. The summed E-state index contributed by atoms with van der Waals surface area (Å²) >= 11 is 0. The van der Waals surface area contributed by atoms with Gasteiger partial charge in [-0.05, 0) is 54.7 Å². The molecule has 6 heteroatoms. The molecule has 186 valence electrons. The number of nitriles is 1. The van der Waals surface area contributed by atoms with E-state index in [1.807, 2.05) is 12.1 Å². The second-order valence-electron chi connectivity index (χ2n) is 10.8. The number of aryl methyl sites for hydroxylation is 1. The number of ether oxygens (including phenoxy) is 1. The number of hydrogen-bond donors (Lipinski definition) is 1. The number of H-pyrrole nitrogens is 1. The first-order valence-corrected chi connectivity index (χ1v) is 13.1. The summed E-state index contributed by atoms with van der Waals surface area (Å²) in [5, 5.41) is 10.2. The van der Waals surface area contributed by atoms with E-state index < -0.39 is 5.41 Å². The Morgan fingerprint density at radius 2 is 1.94 bits per heavy atom. The summed E-state index contributed by atoms with van der Waals surface area (Å²) in [5.41, 5.74) is 6.70. The molecule has 2 fully saturated rings. The zero-order valence-electron chi connectivity index (χ0n) is 22.2. The topological polar surface area (TPSA) is 72.4 Å². The van der Waals surface area contributed by atoms with Crippen LogP contribution in [0.25, 0.3) is 10.9 Å². The number of hydrogen-bond acceptors (Lipinski definition) is 5. The van der Waals surface area contributed by atoms with Gasteiger partial charge in [-0.3, -0.25) is 9.69 Å². The molecule has 6 nitrogen and oxygen atoms in total. The van der Waals surface area contributed by atoms with Crippen LogP contribution in [0, 0.1) is 11.3 Å². The number of carbonyl (C=O) groups is 1. The van der Waals surface area contributed by atoms with E-state index in [0.29, 0.717) is 30.5 Å². The molecular weight excluding hydrogens is 448 g/mol. The minimum absolute atomic E-state index is 0.0316. The molecule has 6 rings (SSSR count). The largest absolute Gasteiger partial charge is 0.379 e. The Morgan fingerprint density at radius 3 is 2.67 bits per heavy atom. The highest BCUT2D eigenvalue weighted by Crippen LogP contribution is 2.46. The lowest BCUT2D eigenvalue weighted by atomic mass is 9.70. The van der Waals surface area contributed by atoms with Crippen molar-refractivity contribution in [3.63, 3.8) is 0 Å². The standard InChI is InChI=1S/C30H34N4O2/c1-4-20-16-23-24(17-26(20)34-9-7-21(8-10-34)33-11-13-36-14-12-33)30(2,3)29-27(28(23)35)22-6-5-19(18-31)15-25(22)32-29/h5-6,15-17,21,32H,4,7-14H2,1-3H3/i1D. The summed E-state index contributed by atoms with van der Waals surface area (Å²) in [5.74, 6) is 0.0316. The third-order valence-corrected chi connectivity index (χ3v) is 8.55. The van der Waals surface area contributed by atoms with Crippen LogP contribution in [0.3, 0.4) is 0 Å². The van der Waals surface area contributed by atoms with Crippen LogP contribution in [0.5, 0.6) is 0 Å². The van der Waals surface area contributed by atoms with Crippen LogP contribution < -0.4 is 4.90 Å². The Kier molecular flexibility index (Phi) is 5.37. The molecule has 3 aromatic rings. The molecule has 1 aromatic heterocycles. The van der Waals surface area contributed by atoms with Crippen LogP contribution in [0.15, 0.2) is 30.3 Å². The van der Waals surface area contributed by atoms with Gasteiger partial charge in [0.1, 0.15) is 0 Å². The van der Waals surface area contributed by atoms with Gasteiger partial charge in [0, 0.05) is 66.9 Å². The Bertz CT molecular complexity index is 1410. The lowest BCUT2D eigenvalue weighted by Crippen LogP contribution is -2.49. The van der Waals surface area contributed by atoms with E-state index in [9.17, 15) is 10.1 Å². The van der Waals surface area contributed by atoms with Crippen LogP contribution in [0.2, 0.25) is 0 Å². The number of anilines is 1. The van der Waals surface area contributed by atoms with Gasteiger partial charge in [-0.25, -0.2) is 0 Å². The molecule has 0 amide bonds. The number of nitrogens with zero attached hydrogens (tertiary/aromatic N) is 3. The van der Waals surface area contributed by atoms with Gasteiger partial charge in [0.25, 0.3) is 0 Å². The Hall–Kier alpha value is -3.14. The van der Waals surface area contributed by atoms with E-state index in [1.165, 1.54) is 5.69 Å². The lowest BCUT2D eigenvalue weighted by molar-refractivity contribution is 0.0115. The Balaban J connectivity index is 1.38. The summed E-state index contributed by atoms with van der Waals surface area (Å²) < 4.78 is 13.5. The molecule has 0 spiro atoms. The van der Waals surface area contributed by atoms with E-state index in [2.05, 4.69) is 46.8 Å². The fourth-order valence-corrected chi connectivity index (χ4v) is 6.49. The van der Waals surface area contributed by atoms with Crippen LogP contribution in [-0.4, -0.2) is 61.1 Å². The van der Waals surface area contributed by atoms with Gasteiger partial charge in [-0.2, -0.15) is 5.26 Å². The number of fused-ring (bicyclic) bond motifs is 4. The number of benzene rings is 2. The normalized spacial score (nSPS) is 20.6. The smallest absolute Gasteiger partial charge is 0.195 e. The third-order valence-electron chi connectivity index (χ3n) is 8.55. The van der Waals surface area contributed by atoms with Crippen LogP contribution in [0.1, 0.15) is 73.3 Å². The van der Waals surface area contributed by atoms with Gasteiger partial charge in [0.15, 0.2) is 5.78 Å². The van der Waals surface area contributed by atoms with Gasteiger partial charge in [-0.15, -0.1) is 0 Å². The maximum atomic E-state index is 13.9. The molecule has 1 aliphatic carbocycles. The van der Waals surface area contributed by atoms with Crippen molar-refractivity contribution in [1.82, 2.24) is 9.88 Å². The molecule has 2 aromatic carbocycles. The van der Waals surface area contributed by atoms with Gasteiger partial charge in [-0.1, -0.05) is 26.8 Å². The fourth-order valence-electron chi connectivity index (χ4n) is 6.49.